The van der Waals surface area contributed by atoms with Crippen molar-refractivity contribution in [2.24, 2.45) is 5.73 Å². The van der Waals surface area contributed by atoms with Gasteiger partial charge in [-0.2, -0.15) is 5.10 Å². The summed E-state index contributed by atoms with van der Waals surface area (Å²) in [4.78, 5) is 0. The molecule has 0 radical (unpaired) electrons. The van der Waals surface area contributed by atoms with Crippen LogP contribution in [0.4, 0.5) is 0 Å². The van der Waals surface area contributed by atoms with Gasteiger partial charge in [0.05, 0.1) is 12.2 Å². The molecular formula is C11H11Cl2N3. The van der Waals surface area contributed by atoms with Gasteiger partial charge in [0.15, 0.2) is 0 Å². The molecule has 2 rings (SSSR count). The molecule has 2 N–H and O–H groups in total. The molecule has 0 fully saturated rings. The van der Waals surface area contributed by atoms with Crippen LogP contribution in [0.5, 0.6) is 0 Å². The second kappa shape index (κ2) is 4.87. The summed E-state index contributed by atoms with van der Waals surface area (Å²) >= 11 is 12.1. The number of aromatic nitrogens is 2. The van der Waals surface area contributed by atoms with Crippen LogP contribution in [-0.4, -0.2) is 9.78 Å². The van der Waals surface area contributed by atoms with Gasteiger partial charge in [0.1, 0.15) is 0 Å². The van der Waals surface area contributed by atoms with Gasteiger partial charge in [-0.15, -0.1) is 0 Å². The average Bonchev–Trinajstić information content (AvgIpc) is 2.71. The summed E-state index contributed by atoms with van der Waals surface area (Å²) < 4.78 is 1.77. The third-order valence-electron chi connectivity index (χ3n) is 2.29. The van der Waals surface area contributed by atoms with Crippen LogP contribution in [0, 0.1) is 0 Å². The van der Waals surface area contributed by atoms with Crippen LogP contribution in [-0.2, 0) is 13.1 Å². The molecule has 84 valence electrons. The minimum absolute atomic E-state index is 0.434. The zero-order valence-corrected chi connectivity index (χ0v) is 10.0. The molecule has 5 heteroatoms. The Morgan fingerprint density at radius 3 is 2.44 bits per heavy atom. The first-order chi connectivity index (χ1) is 7.70. The zero-order chi connectivity index (χ0) is 11.5. The van der Waals surface area contributed by atoms with E-state index in [1.54, 1.807) is 4.68 Å². The molecule has 1 heterocycles. The van der Waals surface area contributed by atoms with Crippen LogP contribution in [0.1, 0.15) is 11.3 Å². The highest BCUT2D eigenvalue weighted by Crippen LogP contribution is 2.24. The summed E-state index contributed by atoms with van der Waals surface area (Å²) in [6, 6.07) is 7.33. The van der Waals surface area contributed by atoms with Crippen LogP contribution < -0.4 is 5.73 Å². The largest absolute Gasteiger partial charge is 0.325 e. The highest BCUT2D eigenvalue weighted by Gasteiger charge is 2.06. The van der Waals surface area contributed by atoms with E-state index in [4.69, 9.17) is 28.9 Å². The highest BCUT2D eigenvalue weighted by atomic mass is 35.5. The first kappa shape index (κ1) is 11.5. The molecule has 0 atom stereocenters. The second-order valence-electron chi connectivity index (χ2n) is 3.41. The van der Waals surface area contributed by atoms with E-state index in [2.05, 4.69) is 5.10 Å². The minimum Gasteiger partial charge on any atom is -0.325 e. The summed E-state index contributed by atoms with van der Waals surface area (Å²) in [7, 11) is 0. The van der Waals surface area contributed by atoms with E-state index in [1.165, 1.54) is 0 Å². The molecule has 16 heavy (non-hydrogen) atoms. The SMILES string of the molecule is NCc1ccn(Cc2c(Cl)cccc2Cl)n1. The van der Waals surface area contributed by atoms with Crippen molar-refractivity contribution in [2.75, 3.05) is 0 Å². The third kappa shape index (κ3) is 2.38. The molecule has 0 amide bonds. The predicted molar refractivity (Wildman–Crippen MR) is 65.7 cm³/mol. The molecule has 0 saturated carbocycles. The van der Waals surface area contributed by atoms with Crippen molar-refractivity contribution in [2.45, 2.75) is 13.1 Å². The van der Waals surface area contributed by atoms with Crippen LogP contribution in [0.15, 0.2) is 30.5 Å². The lowest BCUT2D eigenvalue weighted by atomic mass is 10.2. The number of benzene rings is 1. The average molecular weight is 256 g/mol. The summed E-state index contributed by atoms with van der Waals surface area (Å²) in [5.74, 6) is 0. The number of rotatable bonds is 3. The maximum atomic E-state index is 6.07. The number of nitrogens with two attached hydrogens (primary N) is 1. The molecule has 0 aliphatic heterocycles. The van der Waals surface area contributed by atoms with Gasteiger partial charge in [-0.25, -0.2) is 0 Å². The molecule has 1 aromatic carbocycles. The third-order valence-corrected chi connectivity index (χ3v) is 3.00. The normalized spacial score (nSPS) is 10.7. The lowest BCUT2D eigenvalue weighted by molar-refractivity contribution is 0.672. The van der Waals surface area contributed by atoms with Crippen molar-refractivity contribution in [1.29, 1.82) is 0 Å². The number of halogens is 2. The molecule has 0 saturated heterocycles. The Morgan fingerprint density at radius 2 is 1.88 bits per heavy atom. The van der Waals surface area contributed by atoms with E-state index in [-0.39, 0.29) is 0 Å². The van der Waals surface area contributed by atoms with Crippen LogP contribution in [0.2, 0.25) is 10.0 Å². The molecule has 1 aromatic heterocycles. The maximum absolute atomic E-state index is 6.07. The molecular weight excluding hydrogens is 245 g/mol. The lowest BCUT2D eigenvalue weighted by Gasteiger charge is -2.06. The Hall–Kier alpha value is -1.03. The van der Waals surface area contributed by atoms with E-state index in [9.17, 15) is 0 Å². The van der Waals surface area contributed by atoms with Crippen molar-refractivity contribution in [1.82, 2.24) is 9.78 Å². The Balaban J connectivity index is 2.26. The van der Waals surface area contributed by atoms with Gasteiger partial charge < -0.3 is 5.73 Å². The topological polar surface area (TPSA) is 43.8 Å². The van der Waals surface area contributed by atoms with Crippen LogP contribution in [0.3, 0.4) is 0 Å². The van der Waals surface area contributed by atoms with Crippen molar-refractivity contribution >= 4 is 23.2 Å². The molecule has 0 spiro atoms. The van der Waals surface area contributed by atoms with Gasteiger partial charge in [-0.05, 0) is 18.2 Å². The smallest absolute Gasteiger partial charge is 0.0760 e. The van der Waals surface area contributed by atoms with Gasteiger partial charge >= 0.3 is 0 Å². The van der Waals surface area contributed by atoms with E-state index in [1.807, 2.05) is 30.5 Å². The van der Waals surface area contributed by atoms with Crippen molar-refractivity contribution in [3.63, 3.8) is 0 Å². The molecule has 0 aliphatic carbocycles. The molecule has 0 unspecified atom stereocenters. The Kier molecular flexibility index (Phi) is 3.49. The summed E-state index contributed by atoms with van der Waals surface area (Å²) in [5.41, 5.74) is 7.21. The Bertz CT molecular complexity index is 473. The van der Waals surface area contributed by atoms with Gasteiger partial charge in [0.25, 0.3) is 0 Å². The summed E-state index contributed by atoms with van der Waals surface area (Å²) in [6.45, 7) is 0.988. The summed E-state index contributed by atoms with van der Waals surface area (Å²) in [5, 5.41) is 5.58. The van der Waals surface area contributed by atoms with E-state index >= 15 is 0 Å². The van der Waals surface area contributed by atoms with Gasteiger partial charge in [-0.1, -0.05) is 29.3 Å². The van der Waals surface area contributed by atoms with E-state index in [0.29, 0.717) is 23.1 Å². The number of hydrogen-bond acceptors (Lipinski definition) is 2. The fourth-order valence-corrected chi connectivity index (χ4v) is 1.96. The number of hydrogen-bond donors (Lipinski definition) is 1. The summed E-state index contributed by atoms with van der Waals surface area (Å²) in [6.07, 6.45) is 1.86. The molecule has 3 nitrogen and oxygen atoms in total. The zero-order valence-electron chi connectivity index (χ0n) is 8.53. The monoisotopic (exact) mass is 255 g/mol. The van der Waals surface area contributed by atoms with Crippen LogP contribution >= 0.6 is 23.2 Å². The van der Waals surface area contributed by atoms with E-state index in [0.717, 1.165) is 11.3 Å². The van der Waals surface area contributed by atoms with Crippen molar-refractivity contribution in [3.8, 4) is 0 Å². The molecule has 2 aromatic rings. The standard InChI is InChI=1S/C11H11Cl2N3/c12-10-2-1-3-11(13)9(10)7-16-5-4-8(6-14)15-16/h1-5H,6-7,14H2. The van der Waals surface area contributed by atoms with E-state index < -0.39 is 0 Å². The predicted octanol–water partition coefficient (Wildman–Crippen LogP) is 2.70. The first-order valence-electron chi connectivity index (χ1n) is 4.86. The Labute approximate surface area is 104 Å². The lowest BCUT2D eigenvalue weighted by Crippen LogP contribution is -2.04. The van der Waals surface area contributed by atoms with Gasteiger partial charge in [0.2, 0.25) is 0 Å². The fourth-order valence-electron chi connectivity index (χ4n) is 1.45. The highest BCUT2D eigenvalue weighted by molar-refractivity contribution is 6.35. The van der Waals surface area contributed by atoms with Crippen molar-refractivity contribution in [3.05, 3.63) is 51.8 Å². The van der Waals surface area contributed by atoms with Crippen molar-refractivity contribution < 1.29 is 0 Å². The number of nitrogens with zero attached hydrogens (tertiary/aromatic N) is 2. The minimum atomic E-state index is 0.434. The molecule has 0 bridgehead atoms. The Morgan fingerprint density at radius 1 is 1.19 bits per heavy atom. The first-order valence-corrected chi connectivity index (χ1v) is 5.61. The second-order valence-corrected chi connectivity index (χ2v) is 4.22. The van der Waals surface area contributed by atoms with Gasteiger partial charge in [0, 0.05) is 28.4 Å². The molecule has 0 aliphatic rings. The van der Waals surface area contributed by atoms with Crippen LogP contribution in [0.25, 0.3) is 0 Å². The maximum Gasteiger partial charge on any atom is 0.0760 e. The fraction of sp³-hybridized carbons (Fsp3) is 0.182. The quantitative estimate of drug-likeness (QED) is 0.917. The van der Waals surface area contributed by atoms with Gasteiger partial charge in [-0.3, -0.25) is 4.68 Å².